The van der Waals surface area contributed by atoms with Gasteiger partial charge in [0.25, 0.3) is 5.91 Å². The topological polar surface area (TPSA) is 88.5 Å². The maximum Gasteiger partial charge on any atom is 0.255 e. The van der Waals surface area contributed by atoms with Crippen LogP contribution in [-0.2, 0) is 0 Å². The van der Waals surface area contributed by atoms with Gasteiger partial charge >= 0.3 is 0 Å². The Morgan fingerprint density at radius 3 is 2.81 bits per heavy atom. The third kappa shape index (κ3) is 2.71. The number of halogens is 1. The number of anilines is 1. The van der Waals surface area contributed by atoms with Gasteiger partial charge in [0.1, 0.15) is 12.1 Å². The number of aromatic nitrogens is 5. The molecule has 0 spiro atoms. The van der Waals surface area contributed by atoms with Gasteiger partial charge in [-0.15, -0.1) is 5.10 Å². The molecule has 2 aromatic heterocycles. The van der Waals surface area contributed by atoms with Gasteiger partial charge in [-0.2, -0.15) is 0 Å². The molecule has 0 aliphatic carbocycles. The number of carbonyl (C=O) groups excluding carboxylic acids is 1. The zero-order valence-electron chi connectivity index (χ0n) is 14.1. The van der Waals surface area contributed by atoms with Crippen molar-refractivity contribution in [1.82, 2.24) is 25.2 Å². The van der Waals surface area contributed by atoms with Crippen LogP contribution in [0.3, 0.4) is 0 Å². The number of aryl methyl sites for hydroxylation is 2. The summed E-state index contributed by atoms with van der Waals surface area (Å²) in [7, 11) is 0. The highest BCUT2D eigenvalue weighted by Gasteiger charge is 2.13. The Hall–Kier alpha value is -3.55. The minimum atomic E-state index is -0.537. The molecule has 7 nitrogen and oxygen atoms in total. The number of nitrogens with one attached hydrogen (secondary N) is 2. The molecule has 26 heavy (non-hydrogen) atoms. The molecule has 8 heteroatoms. The van der Waals surface area contributed by atoms with Crippen molar-refractivity contribution in [2.45, 2.75) is 13.8 Å². The van der Waals surface area contributed by atoms with E-state index in [0.29, 0.717) is 11.3 Å². The van der Waals surface area contributed by atoms with Crippen LogP contribution in [0.5, 0.6) is 0 Å². The molecule has 0 saturated carbocycles. The van der Waals surface area contributed by atoms with Crippen LogP contribution in [0.4, 0.5) is 10.1 Å². The van der Waals surface area contributed by atoms with Crippen molar-refractivity contribution in [3.8, 4) is 5.69 Å². The Labute approximate surface area is 147 Å². The van der Waals surface area contributed by atoms with Crippen molar-refractivity contribution < 1.29 is 9.18 Å². The summed E-state index contributed by atoms with van der Waals surface area (Å²) in [6.45, 7) is 3.97. The van der Waals surface area contributed by atoms with E-state index in [9.17, 15) is 9.18 Å². The largest absolute Gasteiger partial charge is 0.358 e. The van der Waals surface area contributed by atoms with Crippen LogP contribution in [0.1, 0.15) is 21.6 Å². The number of benzene rings is 2. The minimum Gasteiger partial charge on any atom is -0.358 e. The molecule has 0 saturated heterocycles. The molecule has 4 rings (SSSR count). The van der Waals surface area contributed by atoms with E-state index >= 15 is 0 Å². The van der Waals surface area contributed by atoms with Gasteiger partial charge in [-0.3, -0.25) is 4.79 Å². The summed E-state index contributed by atoms with van der Waals surface area (Å²) < 4.78 is 15.5. The van der Waals surface area contributed by atoms with E-state index in [0.717, 1.165) is 22.2 Å². The van der Waals surface area contributed by atoms with Crippen molar-refractivity contribution in [1.29, 1.82) is 0 Å². The summed E-state index contributed by atoms with van der Waals surface area (Å²) in [5.41, 5.74) is 4.15. The summed E-state index contributed by atoms with van der Waals surface area (Å²) >= 11 is 0. The van der Waals surface area contributed by atoms with E-state index in [1.807, 2.05) is 19.9 Å². The number of hydrogen-bond acceptors (Lipinski definition) is 4. The predicted molar refractivity (Wildman–Crippen MR) is 94.8 cm³/mol. The average Bonchev–Trinajstić information content (AvgIpc) is 3.26. The first-order chi connectivity index (χ1) is 12.5. The van der Waals surface area contributed by atoms with Crippen LogP contribution >= 0.6 is 0 Å². The fourth-order valence-corrected chi connectivity index (χ4v) is 2.83. The normalized spacial score (nSPS) is 11.0. The fourth-order valence-electron chi connectivity index (χ4n) is 2.83. The quantitative estimate of drug-likeness (QED) is 0.594. The van der Waals surface area contributed by atoms with Crippen LogP contribution in [0.25, 0.3) is 16.6 Å². The van der Waals surface area contributed by atoms with Gasteiger partial charge in [0.05, 0.1) is 11.4 Å². The van der Waals surface area contributed by atoms with Crippen molar-refractivity contribution >= 4 is 22.5 Å². The molecule has 1 amide bonds. The second kappa shape index (κ2) is 6.07. The number of carbonyl (C=O) groups is 1. The number of nitrogens with zero attached hydrogens (tertiary/aromatic N) is 4. The number of hydrogen-bond donors (Lipinski definition) is 2. The Morgan fingerprint density at radius 2 is 2.04 bits per heavy atom. The van der Waals surface area contributed by atoms with Gasteiger partial charge in [-0.05, 0) is 66.2 Å². The van der Waals surface area contributed by atoms with E-state index in [1.54, 1.807) is 12.1 Å². The number of aromatic amines is 1. The molecule has 0 bridgehead atoms. The van der Waals surface area contributed by atoms with Crippen LogP contribution in [-0.4, -0.2) is 31.1 Å². The molecule has 2 aromatic carbocycles. The number of tetrazole rings is 1. The predicted octanol–water partition coefficient (Wildman–Crippen LogP) is 3.15. The summed E-state index contributed by atoms with van der Waals surface area (Å²) in [4.78, 5) is 15.9. The Morgan fingerprint density at radius 1 is 1.19 bits per heavy atom. The fraction of sp³-hybridized carbons (Fsp3) is 0.111. The summed E-state index contributed by atoms with van der Waals surface area (Å²) in [5.74, 6) is -0.928. The molecule has 4 aromatic rings. The second-order valence-corrected chi connectivity index (χ2v) is 6.01. The van der Waals surface area contributed by atoms with Gasteiger partial charge in [0.2, 0.25) is 0 Å². The van der Waals surface area contributed by atoms with Crippen LogP contribution in [0, 0.1) is 19.7 Å². The molecule has 0 aliphatic rings. The third-order valence-electron chi connectivity index (χ3n) is 4.38. The molecule has 0 radical (unpaired) electrons. The monoisotopic (exact) mass is 350 g/mol. The van der Waals surface area contributed by atoms with Crippen LogP contribution in [0.15, 0.2) is 42.7 Å². The molecule has 0 fully saturated rings. The summed E-state index contributed by atoms with van der Waals surface area (Å²) in [6.07, 6.45) is 1.39. The van der Waals surface area contributed by atoms with Gasteiger partial charge < -0.3 is 10.3 Å². The van der Waals surface area contributed by atoms with Crippen molar-refractivity contribution in [3.63, 3.8) is 0 Å². The molecule has 0 unspecified atom stereocenters. The number of rotatable bonds is 3. The molecule has 2 N–H and O–H groups in total. The molecule has 2 heterocycles. The SMILES string of the molecule is Cc1[nH]c2ccc(C(=O)Nc3cc(-n4cnnn4)ccc3F)cc2c1C. The maximum absolute atomic E-state index is 14.1. The van der Waals surface area contributed by atoms with Gasteiger partial charge in [0, 0.05) is 22.2 Å². The smallest absolute Gasteiger partial charge is 0.255 e. The van der Waals surface area contributed by atoms with E-state index in [2.05, 4.69) is 25.8 Å². The molecule has 130 valence electrons. The summed E-state index contributed by atoms with van der Waals surface area (Å²) in [5, 5.41) is 14.4. The first-order valence-electron chi connectivity index (χ1n) is 7.96. The molecular formula is C18H15FN6O. The Balaban J connectivity index is 1.66. The lowest BCUT2D eigenvalue weighted by atomic mass is 10.1. The minimum absolute atomic E-state index is 0.0602. The first kappa shape index (κ1) is 15.9. The number of fused-ring (bicyclic) bond motifs is 1. The maximum atomic E-state index is 14.1. The molecular weight excluding hydrogens is 335 g/mol. The second-order valence-electron chi connectivity index (χ2n) is 6.01. The summed E-state index contributed by atoms with van der Waals surface area (Å²) in [6, 6.07) is 9.61. The Kier molecular flexibility index (Phi) is 3.72. The molecule has 0 atom stereocenters. The highest BCUT2D eigenvalue weighted by Crippen LogP contribution is 2.24. The highest BCUT2D eigenvalue weighted by molar-refractivity contribution is 6.06. The third-order valence-corrected chi connectivity index (χ3v) is 4.38. The lowest BCUT2D eigenvalue weighted by Gasteiger charge is -2.09. The van der Waals surface area contributed by atoms with Crippen molar-refractivity contribution in [3.05, 3.63) is 65.4 Å². The van der Waals surface area contributed by atoms with E-state index in [-0.39, 0.29) is 5.69 Å². The van der Waals surface area contributed by atoms with Crippen LogP contribution < -0.4 is 5.32 Å². The van der Waals surface area contributed by atoms with Crippen molar-refractivity contribution in [2.75, 3.05) is 5.32 Å². The number of H-pyrrole nitrogens is 1. The lowest BCUT2D eigenvalue weighted by molar-refractivity contribution is 0.102. The molecule has 0 aliphatic heterocycles. The first-order valence-corrected chi connectivity index (χ1v) is 7.96. The van der Waals surface area contributed by atoms with Crippen LogP contribution in [0.2, 0.25) is 0 Å². The van der Waals surface area contributed by atoms with E-state index < -0.39 is 11.7 Å². The Bertz CT molecular complexity index is 1120. The number of amides is 1. The van der Waals surface area contributed by atoms with Gasteiger partial charge in [-0.25, -0.2) is 9.07 Å². The van der Waals surface area contributed by atoms with Crippen molar-refractivity contribution in [2.24, 2.45) is 0 Å². The zero-order valence-corrected chi connectivity index (χ0v) is 14.1. The van der Waals surface area contributed by atoms with E-state index in [4.69, 9.17) is 0 Å². The lowest BCUT2D eigenvalue weighted by Crippen LogP contribution is -2.13. The standard InChI is InChI=1S/C18H15FN6O/c1-10-11(2)21-16-6-3-12(7-14(10)16)18(26)22-17-8-13(4-5-15(17)19)25-9-20-23-24-25/h3-9,21H,1-2H3,(H,22,26). The average molecular weight is 350 g/mol. The van der Waals surface area contributed by atoms with E-state index in [1.165, 1.54) is 29.2 Å². The highest BCUT2D eigenvalue weighted by atomic mass is 19.1. The van der Waals surface area contributed by atoms with Gasteiger partial charge in [-0.1, -0.05) is 0 Å². The van der Waals surface area contributed by atoms with Gasteiger partial charge in [0.15, 0.2) is 0 Å². The zero-order chi connectivity index (χ0) is 18.3.